The van der Waals surface area contributed by atoms with Crippen LogP contribution in [0.5, 0.6) is 0 Å². The Morgan fingerprint density at radius 1 is 1.38 bits per heavy atom. The maximum absolute atomic E-state index is 11.0. The predicted molar refractivity (Wildman–Crippen MR) is 45.7 cm³/mol. The molecule has 0 radical (unpaired) electrons. The maximum Gasteiger partial charge on any atom is 0.338 e. The van der Waals surface area contributed by atoms with Crippen molar-refractivity contribution in [2.24, 2.45) is 4.99 Å². The van der Waals surface area contributed by atoms with Gasteiger partial charge in [0.15, 0.2) is 12.2 Å². The third-order valence-corrected chi connectivity index (χ3v) is 1.69. The fraction of sp³-hybridized carbons (Fsp3) is 0.750. The zero-order valence-electron chi connectivity index (χ0n) is 7.94. The van der Waals surface area contributed by atoms with Crippen LogP contribution in [0, 0.1) is 0 Å². The van der Waals surface area contributed by atoms with E-state index in [1.54, 1.807) is 0 Å². The highest BCUT2D eigenvalue weighted by Crippen LogP contribution is 2.25. The van der Waals surface area contributed by atoms with Crippen molar-refractivity contribution in [1.29, 1.82) is 0 Å². The Kier molecular flexibility index (Phi) is 3.25. The summed E-state index contributed by atoms with van der Waals surface area (Å²) in [6.07, 6.45) is -0.882. The second kappa shape index (κ2) is 4.23. The summed E-state index contributed by atoms with van der Waals surface area (Å²) in [5.41, 5.74) is 0. The van der Waals surface area contributed by atoms with Gasteiger partial charge in [-0.25, -0.2) is 4.79 Å². The minimum Gasteiger partial charge on any atom is -0.482 e. The molecule has 5 nitrogen and oxygen atoms in total. The van der Waals surface area contributed by atoms with Crippen LogP contribution >= 0.6 is 0 Å². The zero-order chi connectivity index (χ0) is 9.84. The van der Waals surface area contributed by atoms with E-state index in [0.717, 1.165) is 0 Å². The van der Waals surface area contributed by atoms with Crippen LogP contribution in [-0.4, -0.2) is 44.8 Å². The number of carbonyl (C=O) groups is 1. The molecule has 0 bridgehead atoms. The van der Waals surface area contributed by atoms with Crippen LogP contribution in [0.1, 0.15) is 6.92 Å². The number of nitrogens with zero attached hydrogens (tertiary/aromatic N) is 1. The first kappa shape index (κ1) is 9.98. The summed E-state index contributed by atoms with van der Waals surface area (Å²) in [5, 5.41) is 0. The Hall–Kier alpha value is -1.10. The summed E-state index contributed by atoms with van der Waals surface area (Å²) in [4.78, 5) is 15.0. The molecular weight excluding hydrogens is 174 g/mol. The molecule has 5 heteroatoms. The Labute approximate surface area is 76.7 Å². The van der Waals surface area contributed by atoms with E-state index in [1.165, 1.54) is 14.2 Å². The quantitative estimate of drug-likeness (QED) is 0.270. The number of esters is 1. The molecule has 0 N–H and O–H groups in total. The lowest BCUT2D eigenvalue weighted by molar-refractivity contribution is -0.142. The van der Waals surface area contributed by atoms with Gasteiger partial charge in [0.2, 0.25) is 5.90 Å². The number of hydrogen-bond acceptors (Lipinski definition) is 5. The highest BCUT2D eigenvalue weighted by Gasteiger charge is 2.50. The largest absolute Gasteiger partial charge is 0.482 e. The van der Waals surface area contributed by atoms with Crippen LogP contribution in [0.25, 0.3) is 0 Å². The second-order valence-corrected chi connectivity index (χ2v) is 2.52. The first-order chi connectivity index (χ1) is 6.24. The van der Waals surface area contributed by atoms with Crippen LogP contribution in [0.2, 0.25) is 0 Å². The molecule has 1 rings (SSSR count). The molecule has 1 aliphatic rings. The van der Waals surface area contributed by atoms with E-state index in [4.69, 9.17) is 9.47 Å². The molecule has 2 atom stereocenters. The van der Waals surface area contributed by atoms with Gasteiger partial charge in [0.25, 0.3) is 0 Å². The van der Waals surface area contributed by atoms with Gasteiger partial charge in [-0.05, 0) is 6.92 Å². The van der Waals surface area contributed by atoms with Crippen LogP contribution in [0.4, 0.5) is 0 Å². The molecular formula is C8H13NO4. The maximum atomic E-state index is 11.0. The number of rotatable bonds is 3. The Morgan fingerprint density at radius 2 is 2.08 bits per heavy atom. The number of hydrogen-bond donors (Lipinski definition) is 0. The van der Waals surface area contributed by atoms with E-state index in [9.17, 15) is 4.79 Å². The molecule has 1 saturated heterocycles. The zero-order valence-corrected chi connectivity index (χ0v) is 7.94. The molecule has 74 valence electrons. The fourth-order valence-corrected chi connectivity index (χ4v) is 1.02. The molecule has 0 aromatic heterocycles. The van der Waals surface area contributed by atoms with Gasteiger partial charge in [0, 0.05) is 6.54 Å². The summed E-state index contributed by atoms with van der Waals surface area (Å²) in [7, 11) is 2.83. The van der Waals surface area contributed by atoms with Crippen LogP contribution < -0.4 is 0 Å². The predicted octanol–water partition coefficient (Wildman–Crippen LogP) is -0.00840. The Bertz CT molecular complexity index is 226. The average Bonchev–Trinajstić information content (AvgIpc) is 2.92. The molecule has 1 fully saturated rings. The van der Waals surface area contributed by atoms with E-state index in [2.05, 4.69) is 9.73 Å². The number of methoxy groups -OCH3 is 2. The highest BCUT2D eigenvalue weighted by molar-refractivity contribution is 5.92. The van der Waals surface area contributed by atoms with E-state index in [-0.39, 0.29) is 12.1 Å². The third-order valence-electron chi connectivity index (χ3n) is 1.69. The number of aliphatic imine (C=N–C) groups is 1. The van der Waals surface area contributed by atoms with E-state index in [1.807, 2.05) is 6.92 Å². The molecule has 0 aliphatic carbocycles. The molecule has 13 heavy (non-hydrogen) atoms. The highest BCUT2D eigenvalue weighted by atomic mass is 16.7. The summed E-state index contributed by atoms with van der Waals surface area (Å²) in [6.45, 7) is 2.49. The van der Waals surface area contributed by atoms with Crippen molar-refractivity contribution in [2.45, 2.75) is 19.1 Å². The van der Waals surface area contributed by atoms with E-state index in [0.29, 0.717) is 12.4 Å². The Balaban J connectivity index is 2.49. The van der Waals surface area contributed by atoms with Gasteiger partial charge < -0.3 is 14.2 Å². The number of ether oxygens (including phenoxy) is 3. The summed E-state index contributed by atoms with van der Waals surface area (Å²) >= 11 is 0. The molecule has 0 amide bonds. The molecule has 0 aromatic carbocycles. The molecule has 0 aromatic rings. The van der Waals surface area contributed by atoms with Crippen molar-refractivity contribution >= 4 is 11.9 Å². The van der Waals surface area contributed by atoms with Crippen molar-refractivity contribution in [3.8, 4) is 0 Å². The molecule has 2 unspecified atom stereocenters. The molecule has 0 spiro atoms. The lowest BCUT2D eigenvalue weighted by Gasteiger charge is -1.99. The molecule has 0 saturated carbocycles. The fourth-order valence-electron chi connectivity index (χ4n) is 1.02. The van der Waals surface area contributed by atoms with Gasteiger partial charge in [0.1, 0.15) is 0 Å². The van der Waals surface area contributed by atoms with Gasteiger partial charge in [-0.1, -0.05) is 0 Å². The normalized spacial score (nSPS) is 26.8. The summed E-state index contributed by atoms with van der Waals surface area (Å²) in [5.74, 6) is 0.0729. The lowest BCUT2D eigenvalue weighted by Crippen LogP contribution is -2.19. The molecule has 1 heterocycles. The van der Waals surface area contributed by atoms with Gasteiger partial charge in [-0.2, -0.15) is 0 Å². The SMILES string of the molecule is CCN=C(OC)C1OC1C(=O)OC. The van der Waals surface area contributed by atoms with Crippen molar-refractivity contribution < 1.29 is 19.0 Å². The van der Waals surface area contributed by atoms with Crippen LogP contribution in [-0.2, 0) is 19.0 Å². The standard InChI is InChI=1S/C8H13NO4/c1-4-9-7(11-2)5-6(13-5)8(10)12-3/h5-6H,4H2,1-3H3. The van der Waals surface area contributed by atoms with Crippen molar-refractivity contribution in [3.05, 3.63) is 0 Å². The smallest absolute Gasteiger partial charge is 0.338 e. The summed E-state index contributed by atoms with van der Waals surface area (Å²) < 4.78 is 14.5. The summed E-state index contributed by atoms with van der Waals surface area (Å²) in [6, 6.07) is 0. The van der Waals surface area contributed by atoms with Gasteiger partial charge >= 0.3 is 5.97 Å². The first-order valence-electron chi connectivity index (χ1n) is 4.06. The van der Waals surface area contributed by atoms with E-state index >= 15 is 0 Å². The number of carbonyl (C=O) groups excluding carboxylic acids is 1. The first-order valence-corrected chi connectivity index (χ1v) is 4.06. The van der Waals surface area contributed by atoms with Crippen molar-refractivity contribution in [2.75, 3.05) is 20.8 Å². The monoisotopic (exact) mass is 187 g/mol. The number of epoxide rings is 1. The second-order valence-electron chi connectivity index (χ2n) is 2.52. The third kappa shape index (κ3) is 2.18. The lowest BCUT2D eigenvalue weighted by atomic mass is 10.3. The average molecular weight is 187 g/mol. The van der Waals surface area contributed by atoms with Crippen LogP contribution in [0.15, 0.2) is 4.99 Å². The molecule has 1 aliphatic heterocycles. The van der Waals surface area contributed by atoms with E-state index < -0.39 is 6.10 Å². The Morgan fingerprint density at radius 3 is 2.54 bits per heavy atom. The van der Waals surface area contributed by atoms with Gasteiger partial charge in [-0.15, -0.1) is 0 Å². The van der Waals surface area contributed by atoms with Crippen LogP contribution in [0.3, 0.4) is 0 Å². The minimum atomic E-state index is -0.532. The van der Waals surface area contributed by atoms with Crippen molar-refractivity contribution in [1.82, 2.24) is 0 Å². The minimum absolute atomic E-state index is 0.350. The van der Waals surface area contributed by atoms with Gasteiger partial charge in [-0.3, -0.25) is 4.99 Å². The van der Waals surface area contributed by atoms with Crippen molar-refractivity contribution in [3.63, 3.8) is 0 Å². The topological polar surface area (TPSA) is 60.4 Å². The van der Waals surface area contributed by atoms with Gasteiger partial charge in [0.05, 0.1) is 14.2 Å².